The van der Waals surface area contributed by atoms with Crippen molar-refractivity contribution in [3.63, 3.8) is 0 Å². The van der Waals surface area contributed by atoms with E-state index in [1.165, 1.54) is 0 Å². The van der Waals surface area contributed by atoms with Crippen molar-refractivity contribution in [3.8, 4) is 5.75 Å². The van der Waals surface area contributed by atoms with Gasteiger partial charge in [-0.25, -0.2) is 0 Å². The molecular formula is C10H14OS. The van der Waals surface area contributed by atoms with Gasteiger partial charge in [0.25, 0.3) is 0 Å². The van der Waals surface area contributed by atoms with Gasteiger partial charge in [-0.05, 0) is 30.4 Å². The number of hydrogen-bond donors (Lipinski definition) is 1. The Morgan fingerprint density at radius 3 is 2.67 bits per heavy atom. The van der Waals surface area contributed by atoms with Gasteiger partial charge in [0.2, 0.25) is 0 Å². The molecule has 0 heterocycles. The summed E-state index contributed by atoms with van der Waals surface area (Å²) in [6.07, 6.45) is 4.04. The van der Waals surface area contributed by atoms with E-state index in [0.717, 1.165) is 23.3 Å². The van der Waals surface area contributed by atoms with Crippen LogP contribution in [0.5, 0.6) is 5.75 Å². The first-order valence-corrected chi connectivity index (χ1v) is 5.36. The Labute approximate surface area is 77.8 Å². The molecule has 1 aromatic carbocycles. The highest BCUT2D eigenvalue weighted by Gasteiger charge is 2.00. The zero-order valence-corrected chi connectivity index (χ0v) is 8.32. The summed E-state index contributed by atoms with van der Waals surface area (Å²) < 4.78 is 0. The second-order valence-corrected chi connectivity index (χ2v) is 3.62. The van der Waals surface area contributed by atoms with Gasteiger partial charge >= 0.3 is 0 Å². The first-order chi connectivity index (χ1) is 5.77. The number of phenolic OH excluding ortho intramolecular Hbond substituents is 1. The van der Waals surface area contributed by atoms with E-state index in [0.29, 0.717) is 5.75 Å². The molecule has 66 valence electrons. The van der Waals surface area contributed by atoms with E-state index in [9.17, 15) is 5.11 Å². The maximum atomic E-state index is 9.54. The zero-order chi connectivity index (χ0) is 8.97. The first-order valence-electron chi connectivity index (χ1n) is 4.13. The van der Waals surface area contributed by atoms with Gasteiger partial charge in [-0.2, -0.15) is 0 Å². The van der Waals surface area contributed by atoms with Crippen molar-refractivity contribution in [2.75, 3.05) is 6.26 Å². The van der Waals surface area contributed by atoms with E-state index < -0.39 is 0 Å². The topological polar surface area (TPSA) is 20.2 Å². The lowest BCUT2D eigenvalue weighted by molar-refractivity contribution is 0.466. The molecular weight excluding hydrogens is 168 g/mol. The van der Waals surface area contributed by atoms with E-state index >= 15 is 0 Å². The van der Waals surface area contributed by atoms with Crippen LogP contribution in [0, 0.1) is 0 Å². The summed E-state index contributed by atoms with van der Waals surface area (Å²) in [5, 5.41) is 9.54. The molecule has 0 atom stereocenters. The van der Waals surface area contributed by atoms with Crippen molar-refractivity contribution in [2.24, 2.45) is 0 Å². The van der Waals surface area contributed by atoms with Crippen LogP contribution in [0.15, 0.2) is 23.1 Å². The number of rotatable bonds is 3. The van der Waals surface area contributed by atoms with Crippen molar-refractivity contribution in [1.29, 1.82) is 0 Å². The molecule has 12 heavy (non-hydrogen) atoms. The van der Waals surface area contributed by atoms with Crippen molar-refractivity contribution in [2.45, 2.75) is 24.7 Å². The van der Waals surface area contributed by atoms with Crippen LogP contribution in [0.25, 0.3) is 0 Å². The highest BCUT2D eigenvalue weighted by molar-refractivity contribution is 7.98. The van der Waals surface area contributed by atoms with E-state index in [4.69, 9.17) is 0 Å². The number of hydrogen-bond acceptors (Lipinski definition) is 2. The van der Waals surface area contributed by atoms with Crippen molar-refractivity contribution < 1.29 is 5.11 Å². The molecule has 0 saturated heterocycles. The minimum Gasteiger partial charge on any atom is -0.508 e. The van der Waals surface area contributed by atoms with Crippen molar-refractivity contribution >= 4 is 11.8 Å². The monoisotopic (exact) mass is 182 g/mol. The quantitative estimate of drug-likeness (QED) is 0.725. The average Bonchev–Trinajstić information content (AvgIpc) is 2.09. The van der Waals surface area contributed by atoms with Crippen LogP contribution in [0.3, 0.4) is 0 Å². The zero-order valence-electron chi connectivity index (χ0n) is 7.50. The molecule has 1 aromatic rings. The van der Waals surface area contributed by atoms with E-state index in [-0.39, 0.29) is 0 Å². The lowest BCUT2D eigenvalue weighted by Gasteiger charge is -2.03. The fourth-order valence-corrected chi connectivity index (χ4v) is 1.58. The number of aromatic hydroxyl groups is 1. The fourth-order valence-electron chi connectivity index (χ4n) is 1.15. The Hall–Kier alpha value is -0.630. The maximum Gasteiger partial charge on any atom is 0.119 e. The molecule has 0 saturated carbocycles. The number of thioether (sulfide) groups is 1. The molecule has 1 N–H and O–H groups in total. The van der Waals surface area contributed by atoms with Gasteiger partial charge in [0.1, 0.15) is 5.75 Å². The van der Waals surface area contributed by atoms with Gasteiger partial charge in [0.15, 0.2) is 0 Å². The standard InChI is InChI=1S/C10H14OS/c1-3-4-8-5-6-9(12-2)7-10(8)11/h5-7,11H,3-4H2,1-2H3. The molecule has 0 aliphatic carbocycles. The summed E-state index contributed by atoms with van der Waals surface area (Å²) in [5.74, 6) is 0.434. The number of phenols is 1. The Kier molecular flexibility index (Phi) is 3.48. The number of aryl methyl sites for hydroxylation is 1. The smallest absolute Gasteiger partial charge is 0.119 e. The van der Waals surface area contributed by atoms with Gasteiger partial charge in [-0.1, -0.05) is 19.4 Å². The summed E-state index contributed by atoms with van der Waals surface area (Å²) in [5.41, 5.74) is 1.05. The predicted molar refractivity (Wildman–Crippen MR) is 53.9 cm³/mol. The summed E-state index contributed by atoms with van der Waals surface area (Å²) in [6.45, 7) is 2.11. The van der Waals surface area contributed by atoms with Crippen LogP contribution in [-0.2, 0) is 6.42 Å². The normalized spacial score (nSPS) is 10.2. The summed E-state index contributed by atoms with van der Waals surface area (Å²) >= 11 is 1.65. The molecule has 1 nitrogen and oxygen atoms in total. The van der Waals surface area contributed by atoms with Gasteiger partial charge in [-0.3, -0.25) is 0 Å². The maximum absolute atomic E-state index is 9.54. The summed E-state index contributed by atoms with van der Waals surface area (Å²) in [7, 11) is 0. The van der Waals surface area contributed by atoms with Crippen molar-refractivity contribution in [1.82, 2.24) is 0 Å². The molecule has 0 bridgehead atoms. The van der Waals surface area contributed by atoms with Crippen LogP contribution < -0.4 is 0 Å². The molecule has 0 radical (unpaired) electrons. The van der Waals surface area contributed by atoms with Crippen LogP contribution in [0.2, 0.25) is 0 Å². The Morgan fingerprint density at radius 1 is 1.42 bits per heavy atom. The van der Waals surface area contributed by atoms with Crippen LogP contribution >= 0.6 is 11.8 Å². The fraction of sp³-hybridized carbons (Fsp3) is 0.400. The Morgan fingerprint density at radius 2 is 2.17 bits per heavy atom. The molecule has 0 amide bonds. The molecule has 2 heteroatoms. The van der Waals surface area contributed by atoms with Crippen LogP contribution in [0.4, 0.5) is 0 Å². The Bertz CT molecular complexity index is 258. The highest BCUT2D eigenvalue weighted by atomic mass is 32.2. The average molecular weight is 182 g/mol. The van der Waals surface area contributed by atoms with Gasteiger partial charge in [0.05, 0.1) is 0 Å². The summed E-state index contributed by atoms with van der Waals surface area (Å²) in [4.78, 5) is 1.12. The minimum absolute atomic E-state index is 0.434. The van der Waals surface area contributed by atoms with Crippen molar-refractivity contribution in [3.05, 3.63) is 23.8 Å². The second kappa shape index (κ2) is 4.41. The first kappa shape index (κ1) is 9.46. The lowest BCUT2D eigenvalue weighted by atomic mass is 10.1. The number of benzene rings is 1. The third-order valence-electron chi connectivity index (χ3n) is 1.81. The van der Waals surface area contributed by atoms with E-state index in [1.807, 2.05) is 18.4 Å². The molecule has 0 spiro atoms. The van der Waals surface area contributed by atoms with E-state index in [1.54, 1.807) is 11.8 Å². The Balaban J connectivity index is 2.87. The third kappa shape index (κ3) is 2.18. The minimum atomic E-state index is 0.434. The van der Waals surface area contributed by atoms with Gasteiger partial charge < -0.3 is 5.11 Å². The second-order valence-electron chi connectivity index (χ2n) is 2.74. The molecule has 0 aliphatic heterocycles. The van der Waals surface area contributed by atoms with E-state index in [2.05, 4.69) is 13.0 Å². The van der Waals surface area contributed by atoms with Gasteiger partial charge in [0, 0.05) is 4.90 Å². The van der Waals surface area contributed by atoms with Gasteiger partial charge in [-0.15, -0.1) is 11.8 Å². The van der Waals surface area contributed by atoms with Crippen LogP contribution in [0.1, 0.15) is 18.9 Å². The SMILES string of the molecule is CCCc1ccc(SC)cc1O. The molecule has 1 rings (SSSR count). The lowest BCUT2D eigenvalue weighted by Crippen LogP contribution is -1.84. The van der Waals surface area contributed by atoms with Crippen LogP contribution in [-0.4, -0.2) is 11.4 Å². The molecule has 0 fully saturated rings. The predicted octanol–water partition coefficient (Wildman–Crippen LogP) is 3.07. The molecule has 0 unspecified atom stereocenters. The largest absolute Gasteiger partial charge is 0.508 e. The summed E-state index contributed by atoms with van der Waals surface area (Å²) in [6, 6.07) is 5.88. The third-order valence-corrected chi connectivity index (χ3v) is 2.54. The molecule has 0 aliphatic rings. The molecule has 0 aromatic heterocycles. The highest BCUT2D eigenvalue weighted by Crippen LogP contribution is 2.24.